The maximum atomic E-state index is 12.3. The summed E-state index contributed by atoms with van der Waals surface area (Å²) >= 11 is 1.66. The fraction of sp³-hybridized carbons (Fsp3) is 0.786. The second kappa shape index (κ2) is 7.17. The largest absolute Gasteiger partial charge is 0.279 e. The van der Waals surface area contributed by atoms with Gasteiger partial charge in [-0.25, -0.2) is 9.71 Å². The molecule has 1 saturated heterocycles. The molecule has 0 radical (unpaired) electrons. The lowest BCUT2D eigenvalue weighted by Gasteiger charge is -2.33. The Morgan fingerprint density at radius 3 is 2.62 bits per heavy atom. The Balaban J connectivity index is 1.86. The lowest BCUT2D eigenvalue weighted by atomic mass is 9.94. The molecule has 2 atom stereocenters. The third-order valence-corrected chi connectivity index (χ3v) is 6.50. The van der Waals surface area contributed by atoms with Gasteiger partial charge < -0.3 is 0 Å². The predicted molar refractivity (Wildman–Crippen MR) is 86.6 cm³/mol. The van der Waals surface area contributed by atoms with Gasteiger partial charge in [0.15, 0.2) is 0 Å². The smallest absolute Gasteiger partial charge is 0.249 e. The molecule has 1 N–H and O–H groups in total. The molecule has 5 nitrogen and oxygen atoms in total. The molecule has 0 aromatic carbocycles. The summed E-state index contributed by atoms with van der Waals surface area (Å²) in [5, 5.41) is 0.995. The summed E-state index contributed by atoms with van der Waals surface area (Å²) in [7, 11) is -3.36. The van der Waals surface area contributed by atoms with Crippen LogP contribution in [-0.2, 0) is 23.1 Å². The highest BCUT2D eigenvalue weighted by Gasteiger charge is 2.29. The molecular weight excluding hydrogens is 306 g/mol. The molecule has 1 aromatic heterocycles. The van der Waals surface area contributed by atoms with Crippen LogP contribution in [0.4, 0.5) is 0 Å². The van der Waals surface area contributed by atoms with E-state index in [2.05, 4.69) is 30.5 Å². The number of nitrogens with one attached hydrogen (secondary N) is 1. The van der Waals surface area contributed by atoms with Gasteiger partial charge in [0.25, 0.3) is 10.2 Å². The number of nitrogens with zero attached hydrogens (tertiary/aromatic N) is 2. The number of aromatic nitrogens is 1. The first kappa shape index (κ1) is 16.9. The van der Waals surface area contributed by atoms with Crippen LogP contribution in [0.15, 0.2) is 6.20 Å². The molecule has 0 spiro atoms. The Morgan fingerprint density at radius 1 is 1.38 bits per heavy atom. The molecule has 120 valence electrons. The summed E-state index contributed by atoms with van der Waals surface area (Å²) in [6.45, 7) is 7.98. The predicted octanol–water partition coefficient (Wildman–Crippen LogP) is 2.06. The van der Waals surface area contributed by atoms with E-state index in [-0.39, 0.29) is 0 Å². The van der Waals surface area contributed by atoms with Crippen LogP contribution in [0.1, 0.15) is 37.1 Å². The summed E-state index contributed by atoms with van der Waals surface area (Å²) in [6.07, 6.45) is 4.61. The molecule has 1 fully saturated rings. The maximum absolute atomic E-state index is 12.3. The average Bonchev–Trinajstić information content (AvgIpc) is 2.85. The minimum atomic E-state index is -3.36. The van der Waals surface area contributed by atoms with Crippen LogP contribution >= 0.6 is 11.3 Å². The van der Waals surface area contributed by atoms with Gasteiger partial charge in [-0.3, -0.25) is 0 Å². The zero-order valence-electron chi connectivity index (χ0n) is 13.0. The molecular formula is C14H25N3O2S2. The summed E-state index contributed by atoms with van der Waals surface area (Å²) in [4.78, 5) is 5.56. The van der Waals surface area contributed by atoms with E-state index in [1.54, 1.807) is 15.6 Å². The highest BCUT2D eigenvalue weighted by molar-refractivity contribution is 7.87. The normalized spacial score (nSPS) is 24.3. The van der Waals surface area contributed by atoms with Crippen molar-refractivity contribution in [3.05, 3.63) is 16.1 Å². The molecule has 0 saturated carbocycles. The first-order chi connectivity index (χ1) is 9.90. The molecule has 1 aliphatic heterocycles. The number of piperidine rings is 1. The molecule has 1 aliphatic rings. The second-order valence-corrected chi connectivity index (χ2v) is 8.94. The average molecular weight is 332 g/mol. The molecule has 0 bridgehead atoms. The van der Waals surface area contributed by atoms with Gasteiger partial charge in [0.05, 0.1) is 5.01 Å². The van der Waals surface area contributed by atoms with E-state index >= 15 is 0 Å². The topological polar surface area (TPSA) is 62.3 Å². The van der Waals surface area contributed by atoms with Crippen LogP contribution in [-0.4, -0.2) is 37.3 Å². The van der Waals surface area contributed by atoms with E-state index < -0.39 is 10.2 Å². The number of aryl methyl sites for hydroxylation is 1. The van der Waals surface area contributed by atoms with Gasteiger partial charge in [0.1, 0.15) is 0 Å². The van der Waals surface area contributed by atoms with Crippen molar-refractivity contribution < 1.29 is 8.42 Å². The monoisotopic (exact) mass is 331 g/mol. The lowest BCUT2D eigenvalue weighted by Crippen LogP contribution is -2.48. The van der Waals surface area contributed by atoms with Crippen LogP contribution in [0.2, 0.25) is 0 Å². The van der Waals surface area contributed by atoms with Gasteiger partial charge >= 0.3 is 0 Å². The molecule has 0 aliphatic carbocycles. The zero-order valence-corrected chi connectivity index (χ0v) is 14.6. The number of thiazole rings is 1. The van der Waals surface area contributed by atoms with E-state index in [0.717, 1.165) is 17.8 Å². The highest BCUT2D eigenvalue weighted by Crippen LogP contribution is 2.22. The van der Waals surface area contributed by atoms with Crippen molar-refractivity contribution >= 4 is 21.5 Å². The number of rotatable bonds is 6. The van der Waals surface area contributed by atoms with E-state index in [4.69, 9.17) is 0 Å². The maximum Gasteiger partial charge on any atom is 0.279 e. The third kappa shape index (κ3) is 4.74. The summed E-state index contributed by atoms with van der Waals surface area (Å²) in [5.74, 6) is 0.854. The van der Waals surface area contributed by atoms with E-state index in [9.17, 15) is 8.42 Å². The minimum absolute atomic E-state index is 0.415. The molecule has 1 aromatic rings. The van der Waals surface area contributed by atoms with Gasteiger partial charge in [-0.05, 0) is 24.7 Å². The zero-order chi connectivity index (χ0) is 15.5. The molecule has 0 amide bonds. The van der Waals surface area contributed by atoms with Crippen molar-refractivity contribution in [2.45, 2.75) is 40.0 Å². The molecule has 2 rings (SSSR count). The van der Waals surface area contributed by atoms with E-state index in [1.165, 1.54) is 4.88 Å². The Morgan fingerprint density at radius 2 is 2.05 bits per heavy atom. The summed E-state index contributed by atoms with van der Waals surface area (Å²) < 4.78 is 29.0. The molecule has 21 heavy (non-hydrogen) atoms. The van der Waals surface area contributed by atoms with Gasteiger partial charge in [-0.1, -0.05) is 20.8 Å². The Hall–Kier alpha value is -0.500. The van der Waals surface area contributed by atoms with Crippen LogP contribution in [0, 0.1) is 11.8 Å². The molecule has 0 unspecified atom stereocenters. The number of hydrogen-bond acceptors (Lipinski definition) is 4. The SMILES string of the molecule is CCc1cnc(CCNS(=O)(=O)N2C[C@H](C)C[C@H](C)C2)s1. The fourth-order valence-electron chi connectivity index (χ4n) is 2.81. The first-order valence-electron chi connectivity index (χ1n) is 7.59. The van der Waals surface area contributed by atoms with Crippen LogP contribution < -0.4 is 4.72 Å². The Bertz CT molecular complexity index is 546. The van der Waals surface area contributed by atoms with Gasteiger partial charge in [-0.15, -0.1) is 11.3 Å². The Labute approximate surface area is 132 Å². The highest BCUT2D eigenvalue weighted by atomic mass is 32.2. The van der Waals surface area contributed by atoms with Crippen molar-refractivity contribution in [2.75, 3.05) is 19.6 Å². The van der Waals surface area contributed by atoms with Crippen molar-refractivity contribution in [1.29, 1.82) is 0 Å². The minimum Gasteiger partial charge on any atom is -0.249 e. The molecule has 7 heteroatoms. The fourth-order valence-corrected chi connectivity index (χ4v) is 5.11. The van der Waals surface area contributed by atoms with Crippen molar-refractivity contribution in [3.8, 4) is 0 Å². The van der Waals surface area contributed by atoms with Crippen LogP contribution in [0.25, 0.3) is 0 Å². The van der Waals surface area contributed by atoms with Crippen LogP contribution in [0.5, 0.6) is 0 Å². The summed E-state index contributed by atoms with van der Waals surface area (Å²) in [6, 6.07) is 0. The van der Waals surface area contributed by atoms with E-state index in [0.29, 0.717) is 37.9 Å². The van der Waals surface area contributed by atoms with Crippen molar-refractivity contribution in [2.24, 2.45) is 11.8 Å². The summed E-state index contributed by atoms with van der Waals surface area (Å²) in [5.41, 5.74) is 0. The second-order valence-electron chi connectivity index (χ2n) is 5.99. The number of hydrogen-bond donors (Lipinski definition) is 1. The third-order valence-electron chi connectivity index (χ3n) is 3.75. The van der Waals surface area contributed by atoms with Crippen LogP contribution in [0.3, 0.4) is 0 Å². The van der Waals surface area contributed by atoms with Gasteiger partial charge in [0, 0.05) is 37.1 Å². The van der Waals surface area contributed by atoms with Crippen molar-refractivity contribution in [1.82, 2.24) is 14.0 Å². The van der Waals surface area contributed by atoms with Crippen molar-refractivity contribution in [3.63, 3.8) is 0 Å². The van der Waals surface area contributed by atoms with E-state index in [1.807, 2.05) is 6.20 Å². The standard InChI is InChI=1S/C14H25N3O2S2/c1-4-13-8-15-14(20-13)5-6-16-21(18,19)17-9-11(2)7-12(3)10-17/h8,11-12,16H,4-7,9-10H2,1-3H3/t11-,12+. The molecule has 2 heterocycles. The van der Waals surface area contributed by atoms with Gasteiger partial charge in [-0.2, -0.15) is 12.7 Å². The van der Waals surface area contributed by atoms with Gasteiger partial charge in [0.2, 0.25) is 0 Å². The Kier molecular flexibility index (Phi) is 5.76. The quantitative estimate of drug-likeness (QED) is 0.868. The first-order valence-corrected chi connectivity index (χ1v) is 9.84. The lowest BCUT2D eigenvalue weighted by molar-refractivity contribution is 0.220.